The van der Waals surface area contributed by atoms with E-state index in [1.54, 1.807) is 38.2 Å². The third-order valence-corrected chi connectivity index (χ3v) is 5.97. The SMILES string of the molecule is CCN(CC)S(=O)(=O)c1cc(NC(=O)c2cccnc2)ccc1Cl. The summed E-state index contributed by atoms with van der Waals surface area (Å²) in [4.78, 5) is 16.0. The predicted molar refractivity (Wildman–Crippen MR) is 93.7 cm³/mol. The first-order valence-corrected chi connectivity index (χ1v) is 9.23. The Morgan fingerprint density at radius 3 is 2.54 bits per heavy atom. The van der Waals surface area contributed by atoms with E-state index in [4.69, 9.17) is 11.6 Å². The smallest absolute Gasteiger partial charge is 0.257 e. The number of hydrogen-bond donors (Lipinski definition) is 1. The normalized spacial score (nSPS) is 11.5. The van der Waals surface area contributed by atoms with Crippen molar-refractivity contribution in [2.75, 3.05) is 18.4 Å². The Bertz CT molecular complexity index is 822. The molecule has 1 heterocycles. The van der Waals surface area contributed by atoms with Crippen LogP contribution in [0.1, 0.15) is 24.2 Å². The number of halogens is 1. The molecular weight excluding hydrogens is 350 g/mol. The Morgan fingerprint density at radius 2 is 1.96 bits per heavy atom. The highest BCUT2D eigenvalue weighted by Gasteiger charge is 2.25. The number of benzene rings is 1. The Morgan fingerprint density at radius 1 is 1.25 bits per heavy atom. The van der Waals surface area contributed by atoms with Crippen molar-refractivity contribution in [2.24, 2.45) is 0 Å². The highest BCUT2D eigenvalue weighted by atomic mass is 35.5. The lowest BCUT2D eigenvalue weighted by atomic mass is 10.2. The van der Waals surface area contributed by atoms with Crippen molar-refractivity contribution in [2.45, 2.75) is 18.7 Å². The first-order chi connectivity index (χ1) is 11.4. The molecule has 0 bridgehead atoms. The Labute approximate surface area is 146 Å². The molecule has 2 rings (SSSR count). The number of anilines is 1. The molecule has 0 unspecified atom stereocenters. The number of sulfonamides is 1. The van der Waals surface area contributed by atoms with E-state index in [1.807, 2.05) is 0 Å². The molecule has 0 saturated carbocycles. The van der Waals surface area contributed by atoms with Gasteiger partial charge in [0.2, 0.25) is 10.0 Å². The lowest BCUT2D eigenvalue weighted by molar-refractivity contribution is 0.102. The van der Waals surface area contributed by atoms with Gasteiger partial charge in [-0.3, -0.25) is 9.78 Å². The Balaban J connectivity index is 2.34. The van der Waals surface area contributed by atoms with E-state index in [1.165, 1.54) is 22.6 Å². The van der Waals surface area contributed by atoms with Crippen molar-refractivity contribution in [1.29, 1.82) is 0 Å². The van der Waals surface area contributed by atoms with Gasteiger partial charge >= 0.3 is 0 Å². The zero-order valence-electron chi connectivity index (χ0n) is 13.4. The molecule has 0 radical (unpaired) electrons. The second kappa shape index (κ2) is 7.74. The fourth-order valence-electron chi connectivity index (χ4n) is 2.18. The number of hydrogen-bond acceptors (Lipinski definition) is 4. The van der Waals surface area contributed by atoms with Crippen molar-refractivity contribution in [3.8, 4) is 0 Å². The lowest BCUT2D eigenvalue weighted by Gasteiger charge is -2.19. The van der Waals surface area contributed by atoms with Crippen LogP contribution in [-0.4, -0.2) is 36.7 Å². The minimum absolute atomic E-state index is 0.0307. The van der Waals surface area contributed by atoms with Gasteiger partial charge in [-0.25, -0.2) is 8.42 Å². The maximum Gasteiger partial charge on any atom is 0.257 e. The summed E-state index contributed by atoms with van der Waals surface area (Å²) in [6, 6.07) is 7.64. The van der Waals surface area contributed by atoms with E-state index >= 15 is 0 Å². The number of carbonyl (C=O) groups is 1. The zero-order chi connectivity index (χ0) is 17.7. The van der Waals surface area contributed by atoms with Crippen LogP contribution in [0.25, 0.3) is 0 Å². The molecule has 128 valence electrons. The zero-order valence-corrected chi connectivity index (χ0v) is 14.9. The van der Waals surface area contributed by atoms with Gasteiger partial charge in [0.1, 0.15) is 4.90 Å². The van der Waals surface area contributed by atoms with E-state index in [0.717, 1.165) is 0 Å². The van der Waals surface area contributed by atoms with Gasteiger partial charge in [0.25, 0.3) is 5.91 Å². The summed E-state index contributed by atoms with van der Waals surface area (Å²) >= 11 is 6.06. The number of nitrogens with zero attached hydrogens (tertiary/aromatic N) is 2. The Kier molecular flexibility index (Phi) is 5.93. The lowest BCUT2D eigenvalue weighted by Crippen LogP contribution is -2.30. The number of amides is 1. The van der Waals surface area contributed by atoms with Gasteiger partial charge in [-0.05, 0) is 30.3 Å². The summed E-state index contributed by atoms with van der Waals surface area (Å²) in [7, 11) is -3.72. The minimum Gasteiger partial charge on any atom is -0.322 e. The van der Waals surface area contributed by atoms with Crippen LogP contribution in [0.15, 0.2) is 47.6 Å². The Hall–Kier alpha value is -1.96. The summed E-state index contributed by atoms with van der Waals surface area (Å²) in [5, 5.41) is 2.76. The van der Waals surface area contributed by atoms with Gasteiger partial charge in [0, 0.05) is 31.2 Å². The molecule has 0 saturated heterocycles. The molecule has 8 heteroatoms. The average Bonchev–Trinajstić information content (AvgIpc) is 2.58. The number of aromatic nitrogens is 1. The van der Waals surface area contributed by atoms with Crippen molar-refractivity contribution in [3.05, 3.63) is 53.3 Å². The van der Waals surface area contributed by atoms with Crippen LogP contribution in [0.2, 0.25) is 5.02 Å². The first kappa shape index (κ1) is 18.4. The van der Waals surface area contributed by atoms with Gasteiger partial charge in [0.15, 0.2) is 0 Å². The van der Waals surface area contributed by atoms with Crippen LogP contribution >= 0.6 is 11.6 Å². The fraction of sp³-hybridized carbons (Fsp3) is 0.250. The van der Waals surface area contributed by atoms with Crippen molar-refractivity contribution < 1.29 is 13.2 Å². The minimum atomic E-state index is -3.72. The van der Waals surface area contributed by atoms with E-state index in [0.29, 0.717) is 24.3 Å². The summed E-state index contributed by atoms with van der Waals surface area (Å²) in [5.41, 5.74) is 0.722. The van der Waals surface area contributed by atoms with Crippen LogP contribution in [0, 0.1) is 0 Å². The summed E-state index contributed by atoms with van der Waals surface area (Å²) in [6.45, 7) is 4.18. The molecule has 1 amide bonds. The van der Waals surface area contributed by atoms with Crippen LogP contribution < -0.4 is 5.32 Å². The van der Waals surface area contributed by atoms with Crippen LogP contribution in [-0.2, 0) is 10.0 Å². The molecule has 0 aliphatic carbocycles. The second-order valence-electron chi connectivity index (χ2n) is 4.93. The largest absolute Gasteiger partial charge is 0.322 e. The van der Waals surface area contributed by atoms with Crippen molar-refractivity contribution >= 4 is 33.2 Å². The van der Waals surface area contributed by atoms with E-state index in [9.17, 15) is 13.2 Å². The third-order valence-electron chi connectivity index (χ3n) is 3.44. The predicted octanol–water partition coefficient (Wildman–Crippen LogP) is 3.02. The number of carbonyl (C=O) groups excluding carboxylic acids is 1. The molecule has 2 aromatic rings. The third kappa shape index (κ3) is 3.92. The molecule has 0 aliphatic rings. The maximum atomic E-state index is 12.6. The molecule has 0 aliphatic heterocycles. The number of nitrogens with one attached hydrogen (secondary N) is 1. The summed E-state index contributed by atoms with van der Waals surface area (Å²) in [6.07, 6.45) is 2.99. The molecular formula is C16H18ClN3O3S. The second-order valence-corrected chi connectivity index (χ2v) is 7.24. The van der Waals surface area contributed by atoms with Crippen LogP contribution in [0.3, 0.4) is 0 Å². The number of pyridine rings is 1. The molecule has 24 heavy (non-hydrogen) atoms. The highest BCUT2D eigenvalue weighted by Crippen LogP contribution is 2.28. The topological polar surface area (TPSA) is 79.4 Å². The molecule has 6 nitrogen and oxygen atoms in total. The van der Waals surface area contributed by atoms with Crippen molar-refractivity contribution in [1.82, 2.24) is 9.29 Å². The summed E-state index contributed by atoms with van der Waals surface area (Å²) < 4.78 is 26.6. The first-order valence-electron chi connectivity index (χ1n) is 7.41. The fourth-order valence-corrected chi connectivity index (χ4v) is 4.14. The van der Waals surface area contributed by atoms with Gasteiger partial charge < -0.3 is 5.32 Å². The van der Waals surface area contributed by atoms with E-state index in [-0.39, 0.29) is 15.8 Å². The monoisotopic (exact) mass is 367 g/mol. The standard InChI is InChI=1S/C16H18ClN3O3S/c1-3-20(4-2)24(22,23)15-10-13(7-8-14(15)17)19-16(21)12-6-5-9-18-11-12/h5-11H,3-4H2,1-2H3,(H,19,21). The molecule has 0 atom stereocenters. The molecule has 1 N–H and O–H groups in total. The van der Waals surface area contributed by atoms with E-state index in [2.05, 4.69) is 10.3 Å². The van der Waals surface area contributed by atoms with E-state index < -0.39 is 10.0 Å². The average molecular weight is 368 g/mol. The molecule has 1 aromatic heterocycles. The quantitative estimate of drug-likeness (QED) is 0.851. The van der Waals surface area contributed by atoms with Crippen molar-refractivity contribution in [3.63, 3.8) is 0 Å². The van der Waals surface area contributed by atoms with Gasteiger partial charge in [-0.15, -0.1) is 0 Å². The molecule has 0 fully saturated rings. The maximum absolute atomic E-state index is 12.6. The molecule has 1 aromatic carbocycles. The van der Waals surface area contributed by atoms with Gasteiger partial charge in [-0.2, -0.15) is 4.31 Å². The van der Waals surface area contributed by atoms with Gasteiger partial charge in [0.05, 0.1) is 10.6 Å². The van der Waals surface area contributed by atoms with Gasteiger partial charge in [-0.1, -0.05) is 25.4 Å². The van der Waals surface area contributed by atoms with Crippen LogP contribution in [0.4, 0.5) is 5.69 Å². The number of rotatable bonds is 6. The van der Waals surface area contributed by atoms with Crippen LogP contribution in [0.5, 0.6) is 0 Å². The molecule has 0 spiro atoms. The highest BCUT2D eigenvalue weighted by molar-refractivity contribution is 7.89. The summed E-state index contributed by atoms with van der Waals surface area (Å²) in [5.74, 6) is -0.378.